The van der Waals surface area contributed by atoms with Crippen LogP contribution < -0.4 is 5.56 Å². The number of aromatic amines is 1. The quantitative estimate of drug-likeness (QED) is 0.725. The molecule has 0 saturated heterocycles. The maximum Gasteiger partial charge on any atom is 0.264 e. The Bertz CT molecular complexity index is 1010. The predicted octanol–water partition coefficient (Wildman–Crippen LogP) is 1.49. The van der Waals surface area contributed by atoms with E-state index in [-0.39, 0.29) is 17.5 Å². The zero-order chi connectivity index (χ0) is 19.5. The van der Waals surface area contributed by atoms with Gasteiger partial charge >= 0.3 is 0 Å². The summed E-state index contributed by atoms with van der Waals surface area (Å²) in [5.41, 5.74) is 1.65. The molecule has 0 fully saturated rings. The number of nitrogens with one attached hydrogen (secondary N) is 1. The minimum Gasteiger partial charge on any atom is -0.333 e. The topological polar surface area (TPSA) is 96.8 Å². The molecule has 1 aliphatic rings. The SMILES string of the molecule is C[C@H]1CN(C(=O)CCc2ccc(=O)[nH]n2)Cc2nnc(Cc3ccccc3)n21. The average Bonchev–Trinajstić information content (AvgIpc) is 3.11. The van der Waals surface area contributed by atoms with Gasteiger partial charge in [-0.05, 0) is 18.6 Å². The molecule has 1 aromatic carbocycles. The zero-order valence-corrected chi connectivity index (χ0v) is 15.7. The van der Waals surface area contributed by atoms with E-state index in [0.717, 1.165) is 18.1 Å². The summed E-state index contributed by atoms with van der Waals surface area (Å²) in [6.07, 6.45) is 1.56. The van der Waals surface area contributed by atoms with Gasteiger partial charge in [-0.1, -0.05) is 30.3 Å². The van der Waals surface area contributed by atoms with Gasteiger partial charge in [0.25, 0.3) is 5.56 Å². The molecule has 3 aromatic rings. The molecule has 1 amide bonds. The molecular formula is C20H22N6O2. The molecule has 8 nitrogen and oxygen atoms in total. The maximum absolute atomic E-state index is 12.7. The highest BCUT2D eigenvalue weighted by molar-refractivity contribution is 5.76. The van der Waals surface area contributed by atoms with Gasteiger partial charge in [0, 0.05) is 31.9 Å². The first-order chi connectivity index (χ1) is 13.6. The number of aromatic nitrogens is 5. The average molecular weight is 378 g/mol. The molecule has 2 aromatic heterocycles. The van der Waals surface area contributed by atoms with Crippen molar-refractivity contribution < 1.29 is 4.79 Å². The predicted molar refractivity (Wildman–Crippen MR) is 103 cm³/mol. The van der Waals surface area contributed by atoms with E-state index in [9.17, 15) is 9.59 Å². The molecule has 0 bridgehead atoms. The first kappa shape index (κ1) is 18.1. The van der Waals surface area contributed by atoms with Crippen LogP contribution in [0.15, 0.2) is 47.3 Å². The van der Waals surface area contributed by atoms with Gasteiger partial charge in [-0.2, -0.15) is 5.10 Å². The molecule has 0 aliphatic carbocycles. The Labute approximate surface area is 162 Å². The second-order valence-corrected chi connectivity index (χ2v) is 7.10. The number of hydrogen-bond acceptors (Lipinski definition) is 5. The number of hydrogen-bond donors (Lipinski definition) is 1. The molecule has 0 spiro atoms. The third kappa shape index (κ3) is 3.85. The van der Waals surface area contributed by atoms with Crippen LogP contribution in [0.25, 0.3) is 0 Å². The Morgan fingerprint density at radius 2 is 2.00 bits per heavy atom. The fourth-order valence-corrected chi connectivity index (χ4v) is 3.61. The smallest absolute Gasteiger partial charge is 0.264 e. The second-order valence-electron chi connectivity index (χ2n) is 7.10. The van der Waals surface area contributed by atoms with Crippen LogP contribution in [0.4, 0.5) is 0 Å². The molecule has 28 heavy (non-hydrogen) atoms. The lowest BCUT2D eigenvalue weighted by Crippen LogP contribution is -2.41. The number of amides is 1. The highest BCUT2D eigenvalue weighted by Gasteiger charge is 2.28. The van der Waals surface area contributed by atoms with Crippen molar-refractivity contribution in [2.45, 2.75) is 38.8 Å². The fraction of sp³-hybridized carbons (Fsp3) is 0.350. The van der Waals surface area contributed by atoms with Crippen LogP contribution in [0.1, 0.15) is 42.3 Å². The molecular weight excluding hydrogens is 356 g/mol. The van der Waals surface area contributed by atoms with E-state index >= 15 is 0 Å². The van der Waals surface area contributed by atoms with Crippen molar-refractivity contribution in [1.82, 2.24) is 29.9 Å². The summed E-state index contributed by atoms with van der Waals surface area (Å²) in [7, 11) is 0. The van der Waals surface area contributed by atoms with E-state index in [2.05, 4.69) is 44.0 Å². The Balaban J connectivity index is 1.42. The molecule has 3 heterocycles. The second kappa shape index (κ2) is 7.75. The van der Waals surface area contributed by atoms with Crippen molar-refractivity contribution in [3.63, 3.8) is 0 Å². The first-order valence-electron chi connectivity index (χ1n) is 9.39. The van der Waals surface area contributed by atoms with E-state index < -0.39 is 0 Å². The van der Waals surface area contributed by atoms with Crippen molar-refractivity contribution in [1.29, 1.82) is 0 Å². The van der Waals surface area contributed by atoms with E-state index in [1.165, 1.54) is 11.6 Å². The van der Waals surface area contributed by atoms with E-state index in [4.69, 9.17) is 0 Å². The molecule has 1 aliphatic heterocycles. The van der Waals surface area contributed by atoms with Crippen LogP contribution in [0.5, 0.6) is 0 Å². The van der Waals surface area contributed by atoms with Crippen LogP contribution in [0.2, 0.25) is 0 Å². The van der Waals surface area contributed by atoms with Crippen LogP contribution in [0, 0.1) is 0 Å². The van der Waals surface area contributed by atoms with Gasteiger partial charge in [0.05, 0.1) is 18.3 Å². The van der Waals surface area contributed by atoms with Crippen LogP contribution in [-0.2, 0) is 24.2 Å². The lowest BCUT2D eigenvalue weighted by atomic mass is 10.1. The van der Waals surface area contributed by atoms with E-state index in [1.54, 1.807) is 6.07 Å². The summed E-state index contributed by atoms with van der Waals surface area (Å²) in [5.74, 6) is 1.80. The van der Waals surface area contributed by atoms with Gasteiger partial charge in [-0.3, -0.25) is 9.59 Å². The van der Waals surface area contributed by atoms with Gasteiger partial charge < -0.3 is 9.47 Å². The lowest BCUT2D eigenvalue weighted by molar-refractivity contribution is -0.133. The number of nitrogens with zero attached hydrogens (tertiary/aromatic N) is 5. The summed E-state index contributed by atoms with van der Waals surface area (Å²) in [6.45, 7) is 3.18. The number of rotatable bonds is 5. The number of carbonyl (C=O) groups is 1. The lowest BCUT2D eigenvalue weighted by Gasteiger charge is -2.32. The number of carbonyl (C=O) groups excluding carboxylic acids is 1. The third-order valence-corrected chi connectivity index (χ3v) is 4.98. The van der Waals surface area contributed by atoms with E-state index in [1.807, 2.05) is 23.1 Å². The number of aryl methyl sites for hydroxylation is 1. The van der Waals surface area contributed by atoms with Gasteiger partial charge in [-0.15, -0.1) is 10.2 Å². The molecule has 8 heteroatoms. The first-order valence-corrected chi connectivity index (χ1v) is 9.39. The molecule has 0 saturated carbocycles. The van der Waals surface area contributed by atoms with Crippen LogP contribution >= 0.6 is 0 Å². The summed E-state index contributed by atoms with van der Waals surface area (Å²) in [5, 5.41) is 15.0. The van der Waals surface area contributed by atoms with Gasteiger partial charge in [0.15, 0.2) is 5.82 Å². The van der Waals surface area contributed by atoms with Crippen molar-refractivity contribution >= 4 is 5.91 Å². The van der Waals surface area contributed by atoms with Crippen molar-refractivity contribution in [3.05, 3.63) is 75.7 Å². The summed E-state index contributed by atoms with van der Waals surface area (Å²) in [6, 6.07) is 13.4. The normalized spacial score (nSPS) is 16.0. The molecule has 1 atom stereocenters. The molecule has 1 N–H and O–H groups in total. The zero-order valence-electron chi connectivity index (χ0n) is 15.7. The molecule has 144 valence electrons. The molecule has 0 unspecified atom stereocenters. The highest BCUT2D eigenvalue weighted by atomic mass is 16.2. The number of fused-ring (bicyclic) bond motifs is 1. The summed E-state index contributed by atoms with van der Waals surface area (Å²) < 4.78 is 2.15. The Kier molecular flexibility index (Phi) is 5.01. The Hall–Kier alpha value is -3.29. The Morgan fingerprint density at radius 1 is 1.18 bits per heavy atom. The van der Waals surface area contributed by atoms with Crippen LogP contribution in [0.3, 0.4) is 0 Å². The maximum atomic E-state index is 12.7. The van der Waals surface area contributed by atoms with Gasteiger partial charge in [0.2, 0.25) is 5.91 Å². The third-order valence-electron chi connectivity index (χ3n) is 4.98. The largest absolute Gasteiger partial charge is 0.333 e. The molecule has 4 rings (SSSR count). The number of H-pyrrole nitrogens is 1. The van der Waals surface area contributed by atoms with Gasteiger partial charge in [0.1, 0.15) is 5.82 Å². The van der Waals surface area contributed by atoms with Crippen LogP contribution in [-0.4, -0.2) is 42.3 Å². The monoisotopic (exact) mass is 378 g/mol. The van der Waals surface area contributed by atoms with E-state index in [0.29, 0.717) is 31.6 Å². The fourth-order valence-electron chi connectivity index (χ4n) is 3.61. The number of benzene rings is 1. The standard InChI is InChI=1S/C20H22N6O2/c1-14-12-25(20(28)10-8-16-7-9-19(27)24-21-16)13-18-23-22-17(26(14)18)11-15-5-3-2-4-6-15/h2-7,9,14H,8,10-13H2,1H3,(H,24,27)/t14-/m0/s1. The minimum absolute atomic E-state index is 0.0544. The highest BCUT2D eigenvalue weighted by Crippen LogP contribution is 2.23. The Morgan fingerprint density at radius 3 is 2.75 bits per heavy atom. The summed E-state index contributed by atoms with van der Waals surface area (Å²) >= 11 is 0. The minimum atomic E-state index is -0.245. The molecule has 0 radical (unpaired) electrons. The summed E-state index contributed by atoms with van der Waals surface area (Å²) in [4.78, 5) is 25.6. The van der Waals surface area contributed by atoms with Gasteiger partial charge in [-0.25, -0.2) is 5.10 Å². The van der Waals surface area contributed by atoms with Crippen molar-refractivity contribution in [3.8, 4) is 0 Å². The van der Waals surface area contributed by atoms with Crippen molar-refractivity contribution in [2.75, 3.05) is 6.54 Å². The van der Waals surface area contributed by atoms with Crippen molar-refractivity contribution in [2.24, 2.45) is 0 Å².